The molecule has 1 aliphatic rings. The van der Waals surface area contributed by atoms with Crippen LogP contribution >= 0.6 is 11.3 Å². The van der Waals surface area contributed by atoms with Crippen LogP contribution in [-0.2, 0) is 4.79 Å². The van der Waals surface area contributed by atoms with Gasteiger partial charge in [0, 0.05) is 23.6 Å². The van der Waals surface area contributed by atoms with Crippen molar-refractivity contribution in [1.82, 2.24) is 10.3 Å². The van der Waals surface area contributed by atoms with Crippen LogP contribution in [0.25, 0.3) is 10.6 Å². The molecule has 2 N–H and O–H groups in total. The fourth-order valence-electron chi connectivity index (χ4n) is 2.58. The van der Waals surface area contributed by atoms with Gasteiger partial charge in [0.15, 0.2) is 0 Å². The molecule has 2 heterocycles. The molecule has 4 nitrogen and oxygen atoms in total. The van der Waals surface area contributed by atoms with Gasteiger partial charge in [-0.05, 0) is 43.7 Å². The van der Waals surface area contributed by atoms with Crippen LogP contribution in [-0.4, -0.2) is 17.4 Å². The molecule has 1 aliphatic heterocycles. The molecule has 2 aromatic rings. The summed E-state index contributed by atoms with van der Waals surface area (Å²) in [6.45, 7) is 2.60. The Balaban J connectivity index is 1.74. The molecule has 0 unspecified atom stereocenters. The highest BCUT2D eigenvalue weighted by atomic mass is 32.1. The Labute approximate surface area is 128 Å². The number of nitrogens with one attached hydrogen (secondary N) is 2. The lowest BCUT2D eigenvalue weighted by molar-refractivity contribution is -0.114. The summed E-state index contributed by atoms with van der Waals surface area (Å²) in [5.74, 6) is -0.0531. The predicted molar refractivity (Wildman–Crippen MR) is 86.4 cm³/mol. The predicted octanol–water partition coefficient (Wildman–Crippen LogP) is 3.58. The highest BCUT2D eigenvalue weighted by molar-refractivity contribution is 7.13. The second kappa shape index (κ2) is 6.37. The molecule has 110 valence electrons. The summed E-state index contributed by atoms with van der Waals surface area (Å²) in [7, 11) is 0. The number of anilines is 1. The van der Waals surface area contributed by atoms with E-state index in [9.17, 15) is 4.79 Å². The summed E-state index contributed by atoms with van der Waals surface area (Å²) in [5.41, 5.74) is 3.06. The first kappa shape index (κ1) is 14.2. The Morgan fingerprint density at radius 3 is 2.81 bits per heavy atom. The zero-order valence-corrected chi connectivity index (χ0v) is 12.9. The number of hydrogen-bond donors (Lipinski definition) is 2. The molecule has 0 radical (unpaired) electrons. The van der Waals surface area contributed by atoms with E-state index >= 15 is 0 Å². The molecule has 0 aliphatic carbocycles. The number of benzene rings is 1. The van der Waals surface area contributed by atoms with E-state index in [-0.39, 0.29) is 5.91 Å². The number of nitrogens with zero attached hydrogens (tertiary/aromatic N) is 1. The summed E-state index contributed by atoms with van der Waals surface area (Å²) >= 11 is 1.68. The summed E-state index contributed by atoms with van der Waals surface area (Å²) in [6, 6.07) is 8.24. The number of hydrogen-bond acceptors (Lipinski definition) is 4. The Kier molecular flexibility index (Phi) is 4.31. The monoisotopic (exact) mass is 301 g/mol. The number of carbonyl (C=O) groups excluding carboxylic acids is 1. The Morgan fingerprint density at radius 1 is 1.33 bits per heavy atom. The van der Waals surface area contributed by atoms with Crippen molar-refractivity contribution in [2.75, 3.05) is 11.9 Å². The zero-order chi connectivity index (χ0) is 14.7. The first-order chi connectivity index (χ1) is 10.2. The first-order valence-electron chi connectivity index (χ1n) is 7.29. The van der Waals surface area contributed by atoms with Gasteiger partial charge >= 0.3 is 0 Å². The second-order valence-electron chi connectivity index (χ2n) is 5.34. The molecule has 1 amide bonds. The average Bonchev–Trinajstić information content (AvgIpc) is 2.98. The quantitative estimate of drug-likeness (QED) is 0.911. The lowest BCUT2D eigenvalue weighted by atomic mass is 10.0. The highest BCUT2D eigenvalue weighted by Crippen LogP contribution is 2.30. The first-order valence-corrected chi connectivity index (χ1v) is 8.17. The molecule has 0 spiro atoms. The SMILES string of the molecule is CC(=O)Nc1ccc(-c2nc([C@H]3CCCCN3)cs2)cc1. The standard InChI is InChI=1S/C16H19N3OS/c1-11(20)18-13-7-5-12(6-8-13)16-19-15(10-21-16)14-4-2-3-9-17-14/h5-8,10,14,17H,2-4,9H2,1H3,(H,18,20)/t14-/m1/s1. The normalized spacial score (nSPS) is 18.4. The molecule has 0 saturated carbocycles. The van der Waals surface area contributed by atoms with E-state index in [0.717, 1.165) is 28.5 Å². The third kappa shape index (κ3) is 3.49. The van der Waals surface area contributed by atoms with Crippen LogP contribution in [0, 0.1) is 0 Å². The van der Waals surface area contributed by atoms with Crippen molar-refractivity contribution in [3.05, 3.63) is 35.3 Å². The molecule has 1 aromatic carbocycles. The van der Waals surface area contributed by atoms with Crippen molar-refractivity contribution >= 4 is 22.9 Å². The largest absolute Gasteiger partial charge is 0.326 e. The van der Waals surface area contributed by atoms with E-state index in [1.54, 1.807) is 11.3 Å². The molecule has 1 saturated heterocycles. The average molecular weight is 301 g/mol. The van der Waals surface area contributed by atoms with E-state index < -0.39 is 0 Å². The minimum atomic E-state index is -0.0531. The Morgan fingerprint density at radius 2 is 2.14 bits per heavy atom. The lowest BCUT2D eigenvalue weighted by Crippen LogP contribution is -2.26. The van der Waals surface area contributed by atoms with Gasteiger partial charge in [0.1, 0.15) is 5.01 Å². The van der Waals surface area contributed by atoms with Crippen molar-refractivity contribution in [2.45, 2.75) is 32.2 Å². The van der Waals surface area contributed by atoms with Gasteiger partial charge in [-0.15, -0.1) is 11.3 Å². The van der Waals surface area contributed by atoms with Crippen LogP contribution in [0.5, 0.6) is 0 Å². The topological polar surface area (TPSA) is 54.0 Å². The second-order valence-corrected chi connectivity index (χ2v) is 6.20. The minimum absolute atomic E-state index is 0.0531. The van der Waals surface area contributed by atoms with Crippen LogP contribution in [0.3, 0.4) is 0 Å². The van der Waals surface area contributed by atoms with Gasteiger partial charge in [0.05, 0.1) is 11.7 Å². The molecule has 1 aromatic heterocycles. The number of aromatic nitrogens is 1. The van der Waals surface area contributed by atoms with E-state index in [4.69, 9.17) is 4.98 Å². The third-order valence-corrected chi connectivity index (χ3v) is 4.55. The Bertz CT molecular complexity index is 615. The molecule has 3 rings (SSSR count). The van der Waals surface area contributed by atoms with Gasteiger partial charge < -0.3 is 10.6 Å². The van der Waals surface area contributed by atoms with Crippen molar-refractivity contribution in [3.63, 3.8) is 0 Å². The van der Waals surface area contributed by atoms with Crippen molar-refractivity contribution < 1.29 is 4.79 Å². The molecule has 21 heavy (non-hydrogen) atoms. The van der Waals surface area contributed by atoms with E-state index in [0.29, 0.717) is 6.04 Å². The summed E-state index contributed by atoms with van der Waals surface area (Å²) < 4.78 is 0. The van der Waals surface area contributed by atoms with E-state index in [1.807, 2.05) is 24.3 Å². The molecule has 1 fully saturated rings. The fraction of sp³-hybridized carbons (Fsp3) is 0.375. The van der Waals surface area contributed by atoms with Gasteiger partial charge in [0.25, 0.3) is 0 Å². The lowest BCUT2D eigenvalue weighted by Gasteiger charge is -2.21. The molecule has 1 atom stereocenters. The maximum atomic E-state index is 11.0. The van der Waals surface area contributed by atoms with Crippen LogP contribution in [0.2, 0.25) is 0 Å². The number of thiazole rings is 1. The maximum absolute atomic E-state index is 11.0. The van der Waals surface area contributed by atoms with Gasteiger partial charge in [0.2, 0.25) is 5.91 Å². The van der Waals surface area contributed by atoms with E-state index in [1.165, 1.54) is 26.2 Å². The Hall–Kier alpha value is -1.72. The van der Waals surface area contributed by atoms with Gasteiger partial charge in [-0.25, -0.2) is 4.98 Å². The van der Waals surface area contributed by atoms with Crippen molar-refractivity contribution in [3.8, 4) is 10.6 Å². The summed E-state index contributed by atoms with van der Waals surface area (Å²) in [4.78, 5) is 15.8. The number of amides is 1. The van der Waals surface area contributed by atoms with Gasteiger partial charge in [-0.2, -0.15) is 0 Å². The van der Waals surface area contributed by atoms with Crippen LogP contribution in [0.15, 0.2) is 29.6 Å². The molecular weight excluding hydrogens is 282 g/mol. The van der Waals surface area contributed by atoms with Crippen molar-refractivity contribution in [1.29, 1.82) is 0 Å². The zero-order valence-electron chi connectivity index (χ0n) is 12.1. The minimum Gasteiger partial charge on any atom is -0.326 e. The van der Waals surface area contributed by atoms with Gasteiger partial charge in [-0.1, -0.05) is 6.42 Å². The number of piperidine rings is 1. The molecule has 5 heteroatoms. The van der Waals surface area contributed by atoms with E-state index in [2.05, 4.69) is 16.0 Å². The molecular formula is C16H19N3OS. The van der Waals surface area contributed by atoms with Crippen molar-refractivity contribution in [2.24, 2.45) is 0 Å². The highest BCUT2D eigenvalue weighted by Gasteiger charge is 2.17. The van der Waals surface area contributed by atoms with Crippen LogP contribution < -0.4 is 10.6 Å². The summed E-state index contributed by atoms with van der Waals surface area (Å²) in [5, 5.41) is 9.49. The van der Waals surface area contributed by atoms with Crippen LogP contribution in [0.1, 0.15) is 37.9 Å². The third-order valence-electron chi connectivity index (χ3n) is 3.64. The van der Waals surface area contributed by atoms with Gasteiger partial charge in [-0.3, -0.25) is 4.79 Å². The smallest absolute Gasteiger partial charge is 0.221 e. The fourth-order valence-corrected chi connectivity index (χ4v) is 3.46. The maximum Gasteiger partial charge on any atom is 0.221 e. The summed E-state index contributed by atoms with van der Waals surface area (Å²) in [6.07, 6.45) is 3.71. The number of rotatable bonds is 3. The number of carbonyl (C=O) groups is 1. The van der Waals surface area contributed by atoms with Crippen LogP contribution in [0.4, 0.5) is 5.69 Å². The molecule has 0 bridgehead atoms.